The summed E-state index contributed by atoms with van der Waals surface area (Å²) in [6.07, 6.45) is 3.88. The number of rotatable bonds is 4. The molecule has 1 aliphatic rings. The Hall–Kier alpha value is 0.400. The van der Waals surface area contributed by atoms with Crippen LogP contribution in [0.25, 0.3) is 0 Å². The molecule has 0 aromatic rings. The van der Waals surface area contributed by atoms with Crippen molar-refractivity contribution in [2.75, 3.05) is 11.9 Å². The first-order chi connectivity index (χ1) is 5.64. The summed E-state index contributed by atoms with van der Waals surface area (Å²) in [5.74, 6) is -0.348. The molecule has 12 heavy (non-hydrogen) atoms. The van der Waals surface area contributed by atoms with Gasteiger partial charge in [0.2, 0.25) is 0 Å². The third-order valence-corrected chi connectivity index (χ3v) is 2.54. The Kier molecular flexibility index (Phi) is 4.00. The SMILES string of the molecule is CC1(C)OC[C@H](CCCCBr)O1. The van der Waals surface area contributed by atoms with Crippen LogP contribution in [-0.2, 0) is 9.47 Å². The first-order valence-corrected chi connectivity index (χ1v) is 5.64. The maximum atomic E-state index is 5.66. The van der Waals surface area contributed by atoms with Crippen molar-refractivity contribution in [3.63, 3.8) is 0 Å². The molecule has 0 aromatic carbocycles. The van der Waals surface area contributed by atoms with E-state index in [1.54, 1.807) is 0 Å². The maximum Gasteiger partial charge on any atom is 0.163 e. The Bertz CT molecular complexity index is 136. The van der Waals surface area contributed by atoms with Gasteiger partial charge < -0.3 is 9.47 Å². The average Bonchev–Trinajstić information content (AvgIpc) is 2.31. The maximum absolute atomic E-state index is 5.66. The minimum Gasteiger partial charge on any atom is -0.348 e. The van der Waals surface area contributed by atoms with E-state index in [1.165, 1.54) is 12.8 Å². The fourth-order valence-electron chi connectivity index (χ4n) is 1.37. The predicted octanol–water partition coefficient (Wildman–Crippen LogP) is 2.70. The van der Waals surface area contributed by atoms with Crippen LogP contribution in [0.3, 0.4) is 0 Å². The van der Waals surface area contributed by atoms with Gasteiger partial charge in [0.05, 0.1) is 12.7 Å². The Morgan fingerprint density at radius 1 is 1.42 bits per heavy atom. The highest BCUT2D eigenvalue weighted by atomic mass is 79.9. The summed E-state index contributed by atoms with van der Waals surface area (Å²) in [5, 5.41) is 1.09. The molecule has 0 bridgehead atoms. The number of ether oxygens (including phenoxy) is 2. The van der Waals surface area contributed by atoms with Gasteiger partial charge in [-0.05, 0) is 33.1 Å². The number of hydrogen-bond acceptors (Lipinski definition) is 2. The summed E-state index contributed by atoms with van der Waals surface area (Å²) < 4.78 is 11.1. The van der Waals surface area contributed by atoms with E-state index in [-0.39, 0.29) is 5.79 Å². The van der Waals surface area contributed by atoms with Gasteiger partial charge in [-0.1, -0.05) is 15.9 Å². The summed E-state index contributed by atoms with van der Waals surface area (Å²) >= 11 is 3.41. The molecule has 0 aliphatic carbocycles. The molecule has 1 fully saturated rings. The first kappa shape index (κ1) is 10.5. The molecule has 3 heteroatoms. The van der Waals surface area contributed by atoms with E-state index in [2.05, 4.69) is 15.9 Å². The minimum atomic E-state index is -0.348. The zero-order chi connectivity index (χ0) is 9.03. The average molecular weight is 237 g/mol. The highest BCUT2D eigenvalue weighted by Crippen LogP contribution is 2.25. The number of halogens is 1. The third-order valence-electron chi connectivity index (χ3n) is 1.98. The Morgan fingerprint density at radius 3 is 2.67 bits per heavy atom. The van der Waals surface area contributed by atoms with Crippen LogP contribution in [0, 0.1) is 0 Å². The first-order valence-electron chi connectivity index (χ1n) is 4.52. The lowest BCUT2D eigenvalue weighted by molar-refractivity contribution is -0.139. The van der Waals surface area contributed by atoms with Gasteiger partial charge in [-0.25, -0.2) is 0 Å². The predicted molar refractivity (Wildman–Crippen MR) is 52.5 cm³/mol. The van der Waals surface area contributed by atoms with Gasteiger partial charge in [-0.15, -0.1) is 0 Å². The van der Waals surface area contributed by atoms with Crippen LogP contribution >= 0.6 is 15.9 Å². The smallest absolute Gasteiger partial charge is 0.163 e. The number of unbranched alkanes of at least 4 members (excludes halogenated alkanes) is 1. The molecular formula is C9H17BrO2. The van der Waals surface area contributed by atoms with Gasteiger partial charge >= 0.3 is 0 Å². The van der Waals surface area contributed by atoms with E-state index in [0.717, 1.165) is 18.4 Å². The van der Waals surface area contributed by atoms with Crippen LogP contribution in [0.15, 0.2) is 0 Å². The minimum absolute atomic E-state index is 0.319. The molecule has 1 saturated heterocycles. The number of hydrogen-bond donors (Lipinski definition) is 0. The Labute approximate surface area is 82.7 Å². The van der Waals surface area contributed by atoms with Crippen molar-refractivity contribution < 1.29 is 9.47 Å². The molecule has 0 amide bonds. The van der Waals surface area contributed by atoms with Crippen LogP contribution in [-0.4, -0.2) is 23.8 Å². The van der Waals surface area contributed by atoms with Crippen molar-refractivity contribution in [1.82, 2.24) is 0 Å². The molecule has 2 nitrogen and oxygen atoms in total. The van der Waals surface area contributed by atoms with Crippen LogP contribution in [0.2, 0.25) is 0 Å². The van der Waals surface area contributed by atoms with Crippen molar-refractivity contribution >= 4 is 15.9 Å². The third kappa shape index (κ3) is 3.42. The molecule has 0 aromatic heterocycles. The molecule has 0 N–H and O–H groups in total. The highest BCUT2D eigenvalue weighted by molar-refractivity contribution is 9.09. The van der Waals surface area contributed by atoms with Gasteiger partial charge in [-0.3, -0.25) is 0 Å². The second-order valence-corrected chi connectivity index (χ2v) is 4.43. The second-order valence-electron chi connectivity index (χ2n) is 3.64. The zero-order valence-corrected chi connectivity index (χ0v) is 9.39. The lowest BCUT2D eigenvalue weighted by Crippen LogP contribution is -2.21. The lowest BCUT2D eigenvalue weighted by Gasteiger charge is -2.16. The quantitative estimate of drug-likeness (QED) is 0.552. The van der Waals surface area contributed by atoms with Crippen molar-refractivity contribution in [1.29, 1.82) is 0 Å². The van der Waals surface area contributed by atoms with Crippen LogP contribution < -0.4 is 0 Å². The fourth-order valence-corrected chi connectivity index (χ4v) is 1.77. The van der Waals surface area contributed by atoms with E-state index < -0.39 is 0 Å². The molecule has 1 atom stereocenters. The largest absolute Gasteiger partial charge is 0.348 e. The van der Waals surface area contributed by atoms with E-state index in [9.17, 15) is 0 Å². The summed E-state index contributed by atoms with van der Waals surface area (Å²) in [4.78, 5) is 0. The van der Waals surface area contributed by atoms with Crippen molar-refractivity contribution in [3.8, 4) is 0 Å². The zero-order valence-electron chi connectivity index (χ0n) is 7.81. The van der Waals surface area contributed by atoms with Gasteiger partial charge in [-0.2, -0.15) is 0 Å². The molecule has 0 spiro atoms. The van der Waals surface area contributed by atoms with Crippen LogP contribution in [0.4, 0.5) is 0 Å². The summed E-state index contributed by atoms with van der Waals surface area (Å²) in [7, 11) is 0. The standard InChI is InChI=1S/C9H17BrO2/c1-9(2)11-7-8(12-9)5-3-4-6-10/h8H,3-7H2,1-2H3/t8-/m0/s1. The molecule has 0 unspecified atom stereocenters. The van der Waals surface area contributed by atoms with Crippen molar-refractivity contribution in [3.05, 3.63) is 0 Å². The second kappa shape index (κ2) is 4.58. The molecular weight excluding hydrogens is 220 g/mol. The lowest BCUT2D eigenvalue weighted by atomic mass is 10.2. The molecule has 72 valence electrons. The van der Waals surface area contributed by atoms with Crippen molar-refractivity contribution in [2.24, 2.45) is 0 Å². The summed E-state index contributed by atoms with van der Waals surface area (Å²) in [5.41, 5.74) is 0. The van der Waals surface area contributed by atoms with Gasteiger partial charge in [0, 0.05) is 5.33 Å². The number of alkyl halides is 1. The van der Waals surface area contributed by atoms with E-state index >= 15 is 0 Å². The van der Waals surface area contributed by atoms with Gasteiger partial charge in [0.1, 0.15) is 0 Å². The molecule has 1 rings (SSSR count). The van der Waals surface area contributed by atoms with Gasteiger partial charge in [0.25, 0.3) is 0 Å². The van der Waals surface area contributed by atoms with E-state index in [1.807, 2.05) is 13.8 Å². The summed E-state index contributed by atoms with van der Waals surface area (Å²) in [6.45, 7) is 4.70. The topological polar surface area (TPSA) is 18.5 Å². The molecule has 1 aliphatic heterocycles. The highest BCUT2D eigenvalue weighted by Gasteiger charge is 2.31. The Morgan fingerprint density at radius 2 is 2.17 bits per heavy atom. The molecule has 0 radical (unpaired) electrons. The normalized spacial score (nSPS) is 27.8. The Balaban J connectivity index is 2.11. The molecule has 0 saturated carbocycles. The molecule has 1 heterocycles. The van der Waals surface area contributed by atoms with E-state index in [0.29, 0.717) is 6.10 Å². The fraction of sp³-hybridized carbons (Fsp3) is 1.00. The van der Waals surface area contributed by atoms with Crippen molar-refractivity contribution in [2.45, 2.75) is 45.0 Å². The van der Waals surface area contributed by atoms with Crippen LogP contribution in [0.5, 0.6) is 0 Å². The van der Waals surface area contributed by atoms with E-state index in [4.69, 9.17) is 9.47 Å². The van der Waals surface area contributed by atoms with Gasteiger partial charge in [0.15, 0.2) is 5.79 Å². The monoisotopic (exact) mass is 236 g/mol. The summed E-state index contributed by atoms with van der Waals surface area (Å²) in [6, 6.07) is 0. The van der Waals surface area contributed by atoms with Crippen LogP contribution in [0.1, 0.15) is 33.1 Å².